The van der Waals surface area contributed by atoms with Crippen LogP contribution in [0.3, 0.4) is 0 Å². The highest BCUT2D eigenvalue weighted by Gasteiger charge is 2.19. The number of rotatable bonds is 7. The lowest BCUT2D eigenvalue weighted by molar-refractivity contribution is 1.07. The molecule has 0 spiro atoms. The molecule has 258 valence electrons. The molecule has 3 heterocycles. The average molecular weight is 722 g/mol. The number of fused-ring (bicyclic) bond motifs is 3. The summed E-state index contributed by atoms with van der Waals surface area (Å²) in [5.74, 6) is 2.62. The van der Waals surface area contributed by atoms with E-state index in [1.165, 1.54) is 14.8 Å². The van der Waals surface area contributed by atoms with Crippen molar-refractivity contribution in [2.24, 2.45) is 0 Å². The minimum atomic E-state index is 0.631. The van der Waals surface area contributed by atoms with Crippen molar-refractivity contribution in [1.82, 2.24) is 24.9 Å². The van der Waals surface area contributed by atoms with Crippen molar-refractivity contribution < 1.29 is 0 Å². The summed E-state index contributed by atoms with van der Waals surface area (Å²) in [4.78, 5) is 25.2. The summed E-state index contributed by atoms with van der Waals surface area (Å²) in [5, 5.41) is 2.35. The third-order valence-corrected chi connectivity index (χ3v) is 11.0. The van der Waals surface area contributed by atoms with Crippen LogP contribution in [0, 0.1) is 0 Å². The Kier molecular flexibility index (Phi) is 8.28. The molecule has 0 unspecified atom stereocenters. The molecule has 0 amide bonds. The van der Waals surface area contributed by atoms with Gasteiger partial charge in [0.1, 0.15) is 0 Å². The van der Waals surface area contributed by atoms with Crippen molar-refractivity contribution in [2.45, 2.75) is 0 Å². The van der Waals surface area contributed by atoms with Crippen molar-refractivity contribution >= 4 is 31.5 Å². The first-order valence-electron chi connectivity index (χ1n) is 18.2. The molecule has 0 aliphatic rings. The van der Waals surface area contributed by atoms with Crippen LogP contribution in [-0.4, -0.2) is 24.9 Å². The van der Waals surface area contributed by atoms with E-state index in [0.29, 0.717) is 23.3 Å². The van der Waals surface area contributed by atoms with Gasteiger partial charge in [-0.1, -0.05) is 170 Å². The predicted octanol–water partition coefficient (Wildman–Crippen LogP) is 12.7. The molecule has 0 radical (unpaired) electrons. The number of aromatic nitrogens is 5. The lowest BCUT2D eigenvalue weighted by atomic mass is 9.97. The van der Waals surface area contributed by atoms with Gasteiger partial charge in [-0.25, -0.2) is 24.9 Å². The lowest BCUT2D eigenvalue weighted by Gasteiger charge is -2.12. The largest absolute Gasteiger partial charge is 0.228 e. The van der Waals surface area contributed by atoms with Crippen LogP contribution in [0.5, 0.6) is 0 Å². The Morgan fingerprint density at radius 3 is 1.25 bits per heavy atom. The fourth-order valence-corrected chi connectivity index (χ4v) is 8.32. The normalized spacial score (nSPS) is 11.3. The molecule has 0 saturated carbocycles. The van der Waals surface area contributed by atoms with Crippen molar-refractivity contribution in [2.75, 3.05) is 0 Å². The first-order chi connectivity index (χ1) is 27.2. The molecule has 7 aromatic carbocycles. The second-order valence-corrected chi connectivity index (χ2v) is 14.3. The third kappa shape index (κ3) is 6.24. The van der Waals surface area contributed by atoms with E-state index in [4.69, 9.17) is 24.9 Å². The summed E-state index contributed by atoms with van der Waals surface area (Å²) >= 11 is 1.80. The molecule has 55 heavy (non-hydrogen) atoms. The maximum atomic E-state index is 5.22. The second-order valence-electron chi connectivity index (χ2n) is 13.3. The second kappa shape index (κ2) is 14.0. The van der Waals surface area contributed by atoms with Gasteiger partial charge in [0, 0.05) is 53.6 Å². The smallest absolute Gasteiger partial charge is 0.164 e. The molecular weight excluding hydrogens is 691 g/mol. The molecule has 0 fully saturated rings. The average Bonchev–Trinajstić information content (AvgIpc) is 3.67. The third-order valence-electron chi connectivity index (χ3n) is 9.79. The standard InChI is InChI=1S/C49H31N5S/c1-5-15-33(16-6-1)41-31-42(34-17-7-2-8-18-34)51-49(50-41)40-30-29-38(45-44(40)39-23-13-14-24-43(39)55-45)32-25-27-37(28-26-32)48-53-46(35-19-9-3-10-20-35)52-47(54-48)36-21-11-4-12-22-36/h1-31H. The number of hydrogen-bond donors (Lipinski definition) is 0. The monoisotopic (exact) mass is 721 g/mol. The number of hydrogen-bond acceptors (Lipinski definition) is 6. The topological polar surface area (TPSA) is 64.5 Å². The van der Waals surface area contributed by atoms with Gasteiger partial charge >= 0.3 is 0 Å². The molecule has 0 aliphatic carbocycles. The number of nitrogens with zero attached hydrogens (tertiary/aromatic N) is 5. The Bertz CT molecular complexity index is 2830. The zero-order chi connectivity index (χ0) is 36.6. The van der Waals surface area contributed by atoms with Crippen LogP contribution in [0.1, 0.15) is 0 Å². The molecule has 3 aromatic heterocycles. The number of benzene rings is 7. The van der Waals surface area contributed by atoms with Crippen LogP contribution in [-0.2, 0) is 0 Å². The van der Waals surface area contributed by atoms with Crippen LogP contribution in [0.15, 0.2) is 188 Å². The van der Waals surface area contributed by atoms with Gasteiger partial charge in [0.05, 0.1) is 11.4 Å². The lowest BCUT2D eigenvalue weighted by Crippen LogP contribution is -2.00. The summed E-state index contributed by atoms with van der Waals surface area (Å²) in [6, 6.07) is 64.5. The molecule has 0 bridgehead atoms. The minimum Gasteiger partial charge on any atom is -0.228 e. The number of thiophene rings is 1. The van der Waals surface area contributed by atoms with Gasteiger partial charge in [-0.3, -0.25) is 0 Å². The highest BCUT2D eigenvalue weighted by Crippen LogP contribution is 2.45. The van der Waals surface area contributed by atoms with E-state index in [-0.39, 0.29) is 0 Å². The van der Waals surface area contributed by atoms with Crippen molar-refractivity contribution in [3.63, 3.8) is 0 Å². The summed E-state index contributed by atoms with van der Waals surface area (Å²) < 4.78 is 2.41. The summed E-state index contributed by atoms with van der Waals surface area (Å²) in [7, 11) is 0. The van der Waals surface area contributed by atoms with E-state index in [1.54, 1.807) is 11.3 Å². The Hall–Kier alpha value is -7.15. The van der Waals surface area contributed by atoms with E-state index < -0.39 is 0 Å². The first kappa shape index (κ1) is 32.5. The molecule has 0 aliphatic heterocycles. The maximum Gasteiger partial charge on any atom is 0.164 e. The zero-order valence-electron chi connectivity index (χ0n) is 29.5. The van der Waals surface area contributed by atoms with E-state index >= 15 is 0 Å². The molecule has 0 atom stereocenters. The van der Waals surface area contributed by atoms with Crippen LogP contribution < -0.4 is 0 Å². The molecule has 10 rings (SSSR count). The van der Waals surface area contributed by atoms with E-state index in [0.717, 1.165) is 61.3 Å². The zero-order valence-corrected chi connectivity index (χ0v) is 30.4. The maximum absolute atomic E-state index is 5.22. The Balaban J connectivity index is 1.11. The van der Waals surface area contributed by atoms with E-state index in [9.17, 15) is 0 Å². The van der Waals surface area contributed by atoms with Gasteiger partial charge in [0.25, 0.3) is 0 Å². The van der Waals surface area contributed by atoms with Gasteiger partial charge < -0.3 is 0 Å². The van der Waals surface area contributed by atoms with Crippen LogP contribution >= 0.6 is 11.3 Å². The molecule has 5 nitrogen and oxygen atoms in total. The highest BCUT2D eigenvalue weighted by atomic mass is 32.1. The highest BCUT2D eigenvalue weighted by molar-refractivity contribution is 7.26. The fourth-order valence-electron chi connectivity index (χ4n) is 7.06. The van der Waals surface area contributed by atoms with Crippen molar-refractivity contribution in [3.8, 4) is 79.2 Å². The molecule has 10 aromatic rings. The summed E-state index contributed by atoms with van der Waals surface area (Å²) in [5.41, 5.74) is 9.97. The summed E-state index contributed by atoms with van der Waals surface area (Å²) in [6.07, 6.45) is 0. The van der Waals surface area contributed by atoms with Gasteiger partial charge in [-0.05, 0) is 29.3 Å². The molecule has 0 N–H and O–H groups in total. The summed E-state index contributed by atoms with van der Waals surface area (Å²) in [6.45, 7) is 0. The van der Waals surface area contributed by atoms with Crippen molar-refractivity contribution in [3.05, 3.63) is 188 Å². The van der Waals surface area contributed by atoms with Crippen LogP contribution in [0.4, 0.5) is 0 Å². The van der Waals surface area contributed by atoms with E-state index in [1.807, 2.05) is 72.8 Å². The van der Waals surface area contributed by atoms with Crippen LogP contribution in [0.2, 0.25) is 0 Å². The minimum absolute atomic E-state index is 0.631. The Morgan fingerprint density at radius 1 is 0.309 bits per heavy atom. The SMILES string of the molecule is c1ccc(-c2cc(-c3ccccc3)nc(-c3ccc(-c4ccc(-c5nc(-c6ccccc6)nc(-c6ccccc6)n5)cc4)c4sc5ccccc5c34)n2)cc1. The van der Waals surface area contributed by atoms with Gasteiger partial charge in [0.2, 0.25) is 0 Å². The van der Waals surface area contributed by atoms with Crippen LogP contribution in [0.25, 0.3) is 99.4 Å². The van der Waals surface area contributed by atoms with Gasteiger partial charge in [-0.15, -0.1) is 11.3 Å². The quantitative estimate of drug-likeness (QED) is 0.164. The first-order valence-corrected chi connectivity index (χ1v) is 19.0. The fraction of sp³-hybridized carbons (Fsp3) is 0. The Morgan fingerprint density at radius 2 is 0.727 bits per heavy atom. The van der Waals surface area contributed by atoms with E-state index in [2.05, 4.69) is 115 Å². The van der Waals surface area contributed by atoms with Crippen molar-refractivity contribution in [1.29, 1.82) is 0 Å². The Labute approximate surface area is 322 Å². The molecular formula is C49H31N5S. The predicted molar refractivity (Wildman–Crippen MR) is 226 cm³/mol. The van der Waals surface area contributed by atoms with Gasteiger partial charge in [0.15, 0.2) is 23.3 Å². The molecule has 6 heteroatoms. The van der Waals surface area contributed by atoms with Gasteiger partial charge in [-0.2, -0.15) is 0 Å². The molecule has 0 saturated heterocycles.